The van der Waals surface area contributed by atoms with E-state index in [2.05, 4.69) is 5.32 Å². The first-order valence-electron chi connectivity index (χ1n) is 6.52. The predicted octanol–water partition coefficient (Wildman–Crippen LogP) is 1.81. The fourth-order valence-corrected chi connectivity index (χ4v) is 3.52. The van der Waals surface area contributed by atoms with Crippen molar-refractivity contribution in [1.29, 1.82) is 0 Å². The Balaban J connectivity index is 2.12. The van der Waals surface area contributed by atoms with Gasteiger partial charge < -0.3 is 15.8 Å². The summed E-state index contributed by atoms with van der Waals surface area (Å²) in [5, 5.41) is 2.63. The third kappa shape index (κ3) is 2.38. The van der Waals surface area contributed by atoms with Crippen LogP contribution >= 0.6 is 11.3 Å². The van der Waals surface area contributed by atoms with Crippen molar-refractivity contribution >= 4 is 23.2 Å². The Bertz CT molecular complexity index is 737. The molecule has 1 aliphatic heterocycles. The number of primary amides is 1. The van der Waals surface area contributed by atoms with Gasteiger partial charge in [-0.25, -0.2) is 0 Å². The Labute approximate surface area is 125 Å². The average molecular weight is 302 g/mol. The molecule has 2 aromatic rings. The van der Waals surface area contributed by atoms with Gasteiger partial charge in [0.2, 0.25) is 5.91 Å². The molecule has 0 spiro atoms. The molecule has 3 rings (SSSR count). The zero-order valence-corrected chi connectivity index (χ0v) is 12.3. The Morgan fingerprint density at radius 2 is 2.14 bits per heavy atom. The molecule has 108 valence electrons. The molecule has 0 radical (unpaired) electrons. The molecule has 5 nitrogen and oxygen atoms in total. The molecule has 0 bridgehead atoms. The van der Waals surface area contributed by atoms with Crippen LogP contribution in [0.2, 0.25) is 0 Å². The predicted molar refractivity (Wildman–Crippen MR) is 80.9 cm³/mol. The van der Waals surface area contributed by atoms with Crippen molar-refractivity contribution < 1.29 is 14.3 Å². The summed E-state index contributed by atoms with van der Waals surface area (Å²) in [6, 6.07) is 7.06. The van der Waals surface area contributed by atoms with Crippen LogP contribution in [-0.2, 0) is 6.42 Å². The van der Waals surface area contributed by atoms with E-state index in [-0.39, 0.29) is 5.91 Å². The van der Waals surface area contributed by atoms with Crippen molar-refractivity contribution in [2.45, 2.75) is 6.42 Å². The number of carbonyl (C=O) groups is 2. The number of rotatable bonds is 2. The molecular formula is C15H14N2O3S. The van der Waals surface area contributed by atoms with Crippen LogP contribution in [0.25, 0.3) is 10.4 Å². The summed E-state index contributed by atoms with van der Waals surface area (Å²) in [5.74, 6) is 0.0581. The smallest absolute Gasteiger partial charge is 0.261 e. The summed E-state index contributed by atoms with van der Waals surface area (Å²) in [4.78, 5) is 24.7. The van der Waals surface area contributed by atoms with Gasteiger partial charge in [-0.2, -0.15) is 0 Å². The van der Waals surface area contributed by atoms with Crippen LogP contribution in [0.3, 0.4) is 0 Å². The van der Waals surface area contributed by atoms with Crippen molar-refractivity contribution in [2.24, 2.45) is 5.73 Å². The van der Waals surface area contributed by atoms with Gasteiger partial charge in [0, 0.05) is 29.5 Å². The van der Waals surface area contributed by atoms with Crippen LogP contribution in [0.15, 0.2) is 24.3 Å². The van der Waals surface area contributed by atoms with Crippen molar-refractivity contribution in [2.75, 3.05) is 13.7 Å². The molecule has 0 saturated carbocycles. The molecule has 0 fully saturated rings. The first kappa shape index (κ1) is 13.6. The van der Waals surface area contributed by atoms with Gasteiger partial charge in [-0.3, -0.25) is 9.59 Å². The van der Waals surface area contributed by atoms with E-state index in [0.717, 1.165) is 22.4 Å². The van der Waals surface area contributed by atoms with Crippen molar-refractivity contribution in [1.82, 2.24) is 5.32 Å². The molecule has 1 aromatic carbocycles. The van der Waals surface area contributed by atoms with Crippen LogP contribution in [0.1, 0.15) is 25.6 Å². The zero-order chi connectivity index (χ0) is 15.0. The van der Waals surface area contributed by atoms with E-state index in [0.29, 0.717) is 22.8 Å². The molecule has 0 saturated heterocycles. The second kappa shape index (κ2) is 5.21. The van der Waals surface area contributed by atoms with E-state index in [1.165, 1.54) is 11.3 Å². The van der Waals surface area contributed by atoms with E-state index in [4.69, 9.17) is 10.5 Å². The minimum atomic E-state index is -0.483. The number of fused-ring (bicyclic) bond motifs is 3. The van der Waals surface area contributed by atoms with Gasteiger partial charge in [0.15, 0.2) is 0 Å². The summed E-state index contributed by atoms with van der Waals surface area (Å²) in [6.45, 7) is 0.506. The van der Waals surface area contributed by atoms with Gasteiger partial charge in [-0.1, -0.05) is 0 Å². The monoisotopic (exact) mass is 302 g/mol. The quantitative estimate of drug-likeness (QED) is 0.887. The van der Waals surface area contributed by atoms with Crippen LogP contribution in [0.5, 0.6) is 5.75 Å². The second-order valence-corrected chi connectivity index (χ2v) is 5.77. The Morgan fingerprint density at radius 1 is 1.33 bits per heavy atom. The molecule has 1 aliphatic rings. The van der Waals surface area contributed by atoms with Crippen molar-refractivity contribution in [3.05, 3.63) is 40.3 Å². The van der Waals surface area contributed by atoms with E-state index >= 15 is 0 Å². The van der Waals surface area contributed by atoms with E-state index in [1.807, 2.05) is 12.1 Å². The summed E-state index contributed by atoms with van der Waals surface area (Å²) in [7, 11) is 1.61. The topological polar surface area (TPSA) is 81.4 Å². The first-order chi connectivity index (χ1) is 10.1. The minimum Gasteiger partial charge on any atom is -0.493 e. The Kier molecular flexibility index (Phi) is 3.39. The molecule has 2 heterocycles. The molecule has 1 aromatic heterocycles. The highest BCUT2D eigenvalue weighted by Crippen LogP contribution is 2.41. The number of thiophene rings is 1. The molecule has 0 aliphatic carbocycles. The van der Waals surface area contributed by atoms with Gasteiger partial charge in [0.05, 0.1) is 11.5 Å². The molecule has 3 N–H and O–H groups in total. The normalized spacial score (nSPS) is 12.6. The van der Waals surface area contributed by atoms with Crippen molar-refractivity contribution in [3.8, 4) is 16.2 Å². The number of hydrogen-bond acceptors (Lipinski definition) is 4. The second-order valence-electron chi connectivity index (χ2n) is 4.72. The lowest BCUT2D eigenvalue weighted by Crippen LogP contribution is -2.16. The number of ether oxygens (including phenoxy) is 1. The number of benzene rings is 1. The van der Waals surface area contributed by atoms with Gasteiger partial charge in [0.25, 0.3) is 5.91 Å². The van der Waals surface area contributed by atoms with Gasteiger partial charge in [-0.15, -0.1) is 11.3 Å². The summed E-state index contributed by atoms with van der Waals surface area (Å²) >= 11 is 1.43. The van der Waals surface area contributed by atoms with Crippen LogP contribution in [0.4, 0.5) is 0 Å². The fourth-order valence-electron chi connectivity index (χ4n) is 2.33. The van der Waals surface area contributed by atoms with Crippen molar-refractivity contribution in [3.63, 3.8) is 0 Å². The summed E-state index contributed by atoms with van der Waals surface area (Å²) in [6.07, 6.45) is 0.726. The lowest BCUT2D eigenvalue weighted by Gasteiger charge is -2.08. The standard InChI is InChI=1S/C15H14N2O3S/c1-17-15(19)12-7-8-4-5-20-11-6-9(14(16)18)2-3-10(11)13(8)21-12/h2-3,6-7H,4-5H2,1H3,(H2,16,18)(H,17,19). The zero-order valence-electron chi connectivity index (χ0n) is 11.4. The largest absolute Gasteiger partial charge is 0.493 e. The molecular weight excluding hydrogens is 288 g/mol. The van der Waals surface area contributed by atoms with E-state index < -0.39 is 5.91 Å². The third-order valence-corrected chi connectivity index (χ3v) is 4.61. The minimum absolute atomic E-state index is 0.0932. The summed E-state index contributed by atoms with van der Waals surface area (Å²) < 4.78 is 5.71. The molecule has 2 amide bonds. The molecule has 0 atom stereocenters. The number of nitrogens with two attached hydrogens (primary N) is 1. The Hall–Kier alpha value is -2.34. The first-order valence-corrected chi connectivity index (χ1v) is 7.33. The molecule has 0 unspecified atom stereocenters. The number of hydrogen-bond donors (Lipinski definition) is 2. The maximum atomic E-state index is 11.8. The van der Waals surface area contributed by atoms with Gasteiger partial charge in [-0.05, 0) is 29.8 Å². The van der Waals surface area contributed by atoms with Gasteiger partial charge in [0.1, 0.15) is 5.75 Å². The lowest BCUT2D eigenvalue weighted by molar-refractivity contribution is 0.0965. The van der Waals surface area contributed by atoms with Crippen LogP contribution in [0, 0.1) is 0 Å². The maximum absolute atomic E-state index is 11.8. The molecule has 21 heavy (non-hydrogen) atoms. The average Bonchev–Trinajstić information content (AvgIpc) is 2.83. The highest BCUT2D eigenvalue weighted by molar-refractivity contribution is 7.17. The lowest BCUT2D eigenvalue weighted by atomic mass is 10.1. The maximum Gasteiger partial charge on any atom is 0.261 e. The molecule has 6 heteroatoms. The van der Waals surface area contributed by atoms with Crippen LogP contribution < -0.4 is 15.8 Å². The SMILES string of the molecule is CNC(=O)c1cc2c(s1)-c1ccc(C(N)=O)cc1OCC2. The highest BCUT2D eigenvalue weighted by Gasteiger charge is 2.21. The van der Waals surface area contributed by atoms with E-state index in [9.17, 15) is 9.59 Å². The third-order valence-electron chi connectivity index (χ3n) is 3.40. The fraction of sp³-hybridized carbons (Fsp3) is 0.200. The highest BCUT2D eigenvalue weighted by atomic mass is 32.1. The summed E-state index contributed by atoms with van der Waals surface area (Å²) in [5.41, 5.74) is 7.70. The van der Waals surface area contributed by atoms with E-state index in [1.54, 1.807) is 19.2 Å². The number of nitrogens with one attached hydrogen (secondary N) is 1. The van der Waals surface area contributed by atoms with Crippen LogP contribution in [-0.4, -0.2) is 25.5 Å². The Morgan fingerprint density at radius 3 is 2.86 bits per heavy atom. The van der Waals surface area contributed by atoms with Gasteiger partial charge >= 0.3 is 0 Å². The number of amides is 2. The number of carbonyl (C=O) groups excluding carboxylic acids is 2.